The van der Waals surface area contributed by atoms with E-state index in [1.54, 1.807) is 32.0 Å². The Bertz CT molecular complexity index is 1250. The predicted octanol–water partition coefficient (Wildman–Crippen LogP) is 2.74. The first-order chi connectivity index (χ1) is 13.5. The zero-order valence-corrected chi connectivity index (χ0v) is 17.6. The highest BCUT2D eigenvalue weighted by atomic mass is 32.2. The maximum Gasteiger partial charge on any atom is 0.244 e. The lowest BCUT2D eigenvalue weighted by Crippen LogP contribution is -2.23. The van der Waals surface area contributed by atoms with Crippen LogP contribution in [0.15, 0.2) is 42.5 Å². The van der Waals surface area contributed by atoms with Gasteiger partial charge in [0.05, 0.1) is 16.3 Å². The minimum atomic E-state index is -3.72. The largest absolute Gasteiger partial charge is 0.368 e. The summed E-state index contributed by atoms with van der Waals surface area (Å²) in [7, 11) is -3.72. The van der Waals surface area contributed by atoms with E-state index in [4.69, 9.17) is 11.5 Å². The highest BCUT2D eigenvalue weighted by molar-refractivity contribution is 7.90. The van der Waals surface area contributed by atoms with E-state index in [-0.39, 0.29) is 5.95 Å². The van der Waals surface area contributed by atoms with Crippen LogP contribution in [0.3, 0.4) is 0 Å². The maximum atomic E-state index is 12.8. The fourth-order valence-corrected chi connectivity index (χ4v) is 4.36. The first-order valence-corrected chi connectivity index (χ1v) is 10.6. The molecule has 0 aliphatic carbocycles. The number of aromatic nitrogens is 2. The second-order valence-electron chi connectivity index (χ2n) is 7.24. The Labute approximate surface area is 170 Å². The van der Waals surface area contributed by atoms with Crippen molar-refractivity contribution in [3.8, 4) is 0 Å². The van der Waals surface area contributed by atoms with Crippen LogP contribution in [0.25, 0.3) is 16.6 Å². The number of nitrogen functional groups attached to an aromatic ring is 1. The molecule has 0 saturated heterocycles. The number of imidazole rings is 1. The average Bonchev–Trinajstić information content (AvgIpc) is 2.97. The van der Waals surface area contributed by atoms with Gasteiger partial charge >= 0.3 is 0 Å². The zero-order chi connectivity index (χ0) is 21.5. The average molecular weight is 413 g/mol. The summed E-state index contributed by atoms with van der Waals surface area (Å²) < 4.78 is 26.7. The Kier molecular flexibility index (Phi) is 5.23. The van der Waals surface area contributed by atoms with E-state index in [0.717, 1.165) is 20.7 Å². The molecule has 0 bridgehead atoms. The Morgan fingerprint density at radius 2 is 1.86 bits per heavy atom. The van der Waals surface area contributed by atoms with Gasteiger partial charge in [-0.1, -0.05) is 24.3 Å². The maximum absolute atomic E-state index is 12.8. The number of benzene rings is 2. The zero-order valence-electron chi connectivity index (χ0n) is 16.8. The number of amides is 1. The number of carbonyl (C=O) groups is 1. The van der Waals surface area contributed by atoms with Crippen molar-refractivity contribution in [3.05, 3.63) is 64.7 Å². The Morgan fingerprint density at radius 3 is 2.48 bits per heavy atom. The molecule has 0 saturated carbocycles. The summed E-state index contributed by atoms with van der Waals surface area (Å²) in [6, 6.07) is 10.9. The second kappa shape index (κ2) is 7.36. The summed E-state index contributed by atoms with van der Waals surface area (Å²) in [5.74, 6) is -0.693. The van der Waals surface area contributed by atoms with Crippen molar-refractivity contribution in [2.24, 2.45) is 5.73 Å². The number of primary amides is 1. The molecule has 1 heterocycles. The van der Waals surface area contributed by atoms with Crippen LogP contribution < -0.4 is 11.5 Å². The summed E-state index contributed by atoms with van der Waals surface area (Å²) in [4.78, 5) is 15.9. The number of nitrogens with zero attached hydrogens (tertiary/aromatic N) is 2. The van der Waals surface area contributed by atoms with Gasteiger partial charge in [0.15, 0.2) is 0 Å². The van der Waals surface area contributed by atoms with Crippen LogP contribution in [-0.2, 0) is 14.8 Å². The van der Waals surface area contributed by atoms with Crippen molar-refractivity contribution >= 4 is 38.5 Å². The molecule has 1 amide bonds. The number of rotatable bonds is 5. The summed E-state index contributed by atoms with van der Waals surface area (Å²) in [5.41, 5.74) is 16.4. The van der Waals surface area contributed by atoms with Crippen molar-refractivity contribution in [2.75, 3.05) is 5.73 Å². The lowest BCUT2D eigenvalue weighted by atomic mass is 9.91. The molecule has 8 heteroatoms. The number of nitrogens with two attached hydrogens (primary N) is 2. The van der Waals surface area contributed by atoms with Crippen molar-refractivity contribution in [1.82, 2.24) is 8.96 Å². The Hall–Kier alpha value is -3.13. The number of carbonyl (C=O) groups excluding carboxylic acids is 1. The molecule has 0 radical (unpaired) electrons. The van der Waals surface area contributed by atoms with Crippen LogP contribution in [0, 0.1) is 13.8 Å². The summed E-state index contributed by atoms with van der Waals surface area (Å²) in [6.07, 6.45) is 1.35. The van der Waals surface area contributed by atoms with E-state index in [2.05, 4.69) is 4.98 Å². The lowest BCUT2D eigenvalue weighted by molar-refractivity contribution is -0.113. The van der Waals surface area contributed by atoms with Gasteiger partial charge in [-0.15, -0.1) is 0 Å². The van der Waals surface area contributed by atoms with Gasteiger partial charge in [-0.25, -0.2) is 17.4 Å². The van der Waals surface area contributed by atoms with Crippen molar-refractivity contribution in [1.29, 1.82) is 0 Å². The molecule has 29 heavy (non-hydrogen) atoms. The number of fused-ring (bicyclic) bond motifs is 1. The van der Waals surface area contributed by atoms with Crippen LogP contribution in [0.1, 0.15) is 36.1 Å². The van der Waals surface area contributed by atoms with Gasteiger partial charge in [0, 0.05) is 6.08 Å². The summed E-state index contributed by atoms with van der Waals surface area (Å²) in [6.45, 7) is 7.11. The van der Waals surface area contributed by atoms with Crippen molar-refractivity contribution in [2.45, 2.75) is 32.9 Å². The molecular formula is C21H24N4O3S. The number of anilines is 1. The number of aryl methyl sites for hydroxylation is 1. The molecule has 2 aromatic carbocycles. The van der Waals surface area contributed by atoms with Gasteiger partial charge in [-0.05, 0) is 67.7 Å². The standard InChI is InChI=1S/C21H24N4O3S/c1-12(2)29(27,28)25-19-10-15(8-9-18(19)24-21(25)23)17(11-20(22)26)16-7-5-6-13(3)14(16)4/h5-12H,1-4H3,(H2,22,26)(H2,23,24). The summed E-state index contributed by atoms with van der Waals surface area (Å²) >= 11 is 0. The van der Waals surface area contributed by atoms with E-state index in [9.17, 15) is 13.2 Å². The molecule has 7 nitrogen and oxygen atoms in total. The number of hydrogen-bond acceptors (Lipinski definition) is 5. The first-order valence-electron chi connectivity index (χ1n) is 9.14. The van der Waals surface area contributed by atoms with Gasteiger partial charge in [0.25, 0.3) is 0 Å². The van der Waals surface area contributed by atoms with E-state index in [0.29, 0.717) is 22.2 Å². The highest BCUT2D eigenvalue weighted by Crippen LogP contribution is 2.31. The monoisotopic (exact) mass is 412 g/mol. The van der Waals surface area contributed by atoms with Crippen LogP contribution in [0.5, 0.6) is 0 Å². The molecule has 3 rings (SSSR count). The topological polar surface area (TPSA) is 121 Å². The molecular weight excluding hydrogens is 388 g/mol. The van der Waals surface area contributed by atoms with E-state index in [1.807, 2.05) is 32.0 Å². The van der Waals surface area contributed by atoms with E-state index >= 15 is 0 Å². The minimum Gasteiger partial charge on any atom is -0.368 e. The van der Waals surface area contributed by atoms with Gasteiger partial charge in [-0.2, -0.15) is 0 Å². The fourth-order valence-electron chi connectivity index (χ4n) is 3.22. The van der Waals surface area contributed by atoms with Gasteiger partial charge in [0.1, 0.15) is 0 Å². The quantitative estimate of drug-likeness (QED) is 0.624. The lowest BCUT2D eigenvalue weighted by Gasteiger charge is -2.14. The van der Waals surface area contributed by atoms with Crippen LogP contribution in [0.4, 0.5) is 5.95 Å². The molecule has 0 fully saturated rings. The minimum absolute atomic E-state index is 0.0991. The third-order valence-corrected chi connectivity index (χ3v) is 7.06. The molecule has 0 aliphatic heterocycles. The second-order valence-corrected chi connectivity index (χ2v) is 9.58. The molecule has 0 atom stereocenters. The van der Waals surface area contributed by atoms with Crippen LogP contribution >= 0.6 is 0 Å². The Morgan fingerprint density at radius 1 is 1.17 bits per heavy atom. The van der Waals surface area contributed by atoms with Crippen LogP contribution in [0.2, 0.25) is 0 Å². The molecule has 4 N–H and O–H groups in total. The third kappa shape index (κ3) is 3.63. The summed E-state index contributed by atoms with van der Waals surface area (Å²) in [5, 5.41) is -0.675. The molecule has 0 aliphatic rings. The molecule has 1 aromatic heterocycles. The first kappa shape index (κ1) is 20.6. The van der Waals surface area contributed by atoms with Gasteiger partial charge in [0.2, 0.25) is 21.9 Å². The molecule has 3 aromatic rings. The number of hydrogen-bond donors (Lipinski definition) is 2. The van der Waals surface area contributed by atoms with Crippen molar-refractivity contribution < 1.29 is 13.2 Å². The third-order valence-electron chi connectivity index (χ3n) is 4.98. The smallest absolute Gasteiger partial charge is 0.244 e. The Balaban J connectivity index is 2.33. The van der Waals surface area contributed by atoms with Gasteiger partial charge in [-0.3, -0.25) is 4.79 Å². The van der Waals surface area contributed by atoms with E-state index in [1.165, 1.54) is 6.08 Å². The molecule has 0 spiro atoms. The molecule has 0 unspecified atom stereocenters. The van der Waals surface area contributed by atoms with E-state index < -0.39 is 21.2 Å². The fraction of sp³-hybridized carbons (Fsp3) is 0.238. The normalized spacial score (nSPS) is 12.7. The van der Waals surface area contributed by atoms with Crippen molar-refractivity contribution in [3.63, 3.8) is 0 Å². The SMILES string of the molecule is Cc1cccc(C(=CC(N)=O)c2ccc3nc(N)n(S(=O)(=O)C(C)C)c3c2)c1C. The predicted molar refractivity (Wildman–Crippen MR) is 116 cm³/mol. The molecule has 152 valence electrons. The highest BCUT2D eigenvalue weighted by Gasteiger charge is 2.25. The van der Waals surface area contributed by atoms with Gasteiger partial charge < -0.3 is 11.5 Å². The van der Waals surface area contributed by atoms with Crippen LogP contribution in [-0.4, -0.2) is 28.5 Å².